The molecule has 9 heteroatoms. The number of pyridine rings is 1. The van der Waals surface area contributed by atoms with E-state index in [-0.39, 0.29) is 6.04 Å². The lowest BCUT2D eigenvalue weighted by Crippen LogP contribution is -2.34. The van der Waals surface area contributed by atoms with Crippen LogP contribution >= 0.6 is 0 Å². The van der Waals surface area contributed by atoms with Crippen LogP contribution < -0.4 is 15.4 Å². The molecule has 0 unspecified atom stereocenters. The SMILES string of the molecule is CC(C)(C)OC(=O)NCCOCCOc1ccc2ncnc(N[C@H]3CCCc4ccccc43)c2n1. The first-order valence-electron chi connectivity index (χ1n) is 12.0. The molecule has 0 radical (unpaired) electrons. The molecular weight excluding hydrogens is 446 g/mol. The van der Waals surface area contributed by atoms with Gasteiger partial charge in [-0.15, -0.1) is 0 Å². The van der Waals surface area contributed by atoms with Gasteiger partial charge in [0.15, 0.2) is 5.82 Å². The van der Waals surface area contributed by atoms with E-state index in [0.29, 0.717) is 43.6 Å². The van der Waals surface area contributed by atoms with Crippen molar-refractivity contribution in [1.82, 2.24) is 20.3 Å². The minimum atomic E-state index is -0.521. The van der Waals surface area contributed by atoms with E-state index >= 15 is 0 Å². The number of ether oxygens (including phenoxy) is 3. The zero-order valence-corrected chi connectivity index (χ0v) is 20.5. The highest BCUT2D eigenvalue weighted by Crippen LogP contribution is 2.33. The Labute approximate surface area is 205 Å². The molecule has 0 fully saturated rings. The average molecular weight is 480 g/mol. The van der Waals surface area contributed by atoms with Gasteiger partial charge in [-0.2, -0.15) is 0 Å². The number of nitrogens with one attached hydrogen (secondary N) is 2. The first kappa shape index (κ1) is 24.7. The van der Waals surface area contributed by atoms with Gasteiger partial charge in [-0.1, -0.05) is 24.3 Å². The summed E-state index contributed by atoms with van der Waals surface area (Å²) in [4.78, 5) is 25.1. The highest BCUT2D eigenvalue weighted by atomic mass is 16.6. The van der Waals surface area contributed by atoms with E-state index in [0.717, 1.165) is 24.8 Å². The summed E-state index contributed by atoms with van der Waals surface area (Å²) in [6.45, 7) is 6.88. The largest absolute Gasteiger partial charge is 0.475 e. The Kier molecular flexibility index (Phi) is 7.97. The fourth-order valence-electron chi connectivity index (χ4n) is 4.02. The Morgan fingerprint density at radius 3 is 2.80 bits per heavy atom. The maximum Gasteiger partial charge on any atom is 0.407 e. The average Bonchev–Trinajstić information content (AvgIpc) is 2.83. The second-order valence-corrected chi connectivity index (χ2v) is 9.42. The Hall–Kier alpha value is -3.46. The van der Waals surface area contributed by atoms with Crippen molar-refractivity contribution < 1.29 is 19.0 Å². The van der Waals surface area contributed by atoms with Gasteiger partial charge in [-0.3, -0.25) is 0 Å². The molecule has 186 valence electrons. The number of aryl methyl sites for hydroxylation is 1. The number of carbonyl (C=O) groups is 1. The predicted octanol–water partition coefficient (Wildman–Crippen LogP) is 4.43. The smallest absolute Gasteiger partial charge is 0.407 e. The lowest BCUT2D eigenvalue weighted by Gasteiger charge is -2.27. The van der Waals surface area contributed by atoms with Crippen molar-refractivity contribution in [3.05, 3.63) is 53.9 Å². The van der Waals surface area contributed by atoms with Crippen molar-refractivity contribution in [2.45, 2.75) is 51.7 Å². The molecular formula is C26H33N5O4. The molecule has 1 aliphatic rings. The topological polar surface area (TPSA) is 107 Å². The Balaban J connectivity index is 1.29. The predicted molar refractivity (Wildman–Crippen MR) is 134 cm³/mol. The molecule has 0 aliphatic heterocycles. The molecule has 4 rings (SSSR count). The van der Waals surface area contributed by atoms with Gasteiger partial charge in [0.2, 0.25) is 5.88 Å². The zero-order valence-electron chi connectivity index (χ0n) is 20.5. The second-order valence-electron chi connectivity index (χ2n) is 9.42. The monoisotopic (exact) mass is 479 g/mol. The van der Waals surface area contributed by atoms with E-state index in [1.165, 1.54) is 11.1 Å². The van der Waals surface area contributed by atoms with Crippen molar-refractivity contribution in [3.63, 3.8) is 0 Å². The molecule has 1 aromatic carbocycles. The maximum absolute atomic E-state index is 11.6. The Morgan fingerprint density at radius 1 is 1.09 bits per heavy atom. The minimum Gasteiger partial charge on any atom is -0.475 e. The standard InChI is InChI=1S/C26H33N5O4/c1-26(2,3)35-25(32)27-13-14-33-15-16-34-22-12-11-21-23(31-22)24(29-17-28-21)30-20-10-6-8-18-7-4-5-9-19(18)20/h4-5,7,9,11-12,17,20H,6,8,10,13-16H2,1-3H3,(H,27,32)(H,28,29,30)/t20-/m0/s1. The molecule has 0 spiro atoms. The van der Waals surface area contributed by atoms with Gasteiger partial charge in [0.25, 0.3) is 0 Å². The maximum atomic E-state index is 11.6. The fraction of sp³-hybridized carbons (Fsp3) is 0.462. The number of amides is 1. The number of benzene rings is 1. The van der Waals surface area contributed by atoms with Crippen LogP contribution in [0.15, 0.2) is 42.7 Å². The van der Waals surface area contributed by atoms with Gasteiger partial charge in [-0.25, -0.2) is 19.7 Å². The van der Waals surface area contributed by atoms with E-state index < -0.39 is 11.7 Å². The molecule has 3 aromatic rings. The molecule has 1 amide bonds. The number of rotatable bonds is 9. The quantitative estimate of drug-likeness (QED) is 0.434. The van der Waals surface area contributed by atoms with Gasteiger partial charge in [-0.05, 0) is 57.2 Å². The van der Waals surface area contributed by atoms with Crippen LogP contribution in [0.25, 0.3) is 11.0 Å². The summed E-state index contributed by atoms with van der Waals surface area (Å²) in [5, 5.41) is 6.24. The van der Waals surface area contributed by atoms with Crippen LogP contribution in [-0.4, -0.2) is 53.0 Å². The summed E-state index contributed by atoms with van der Waals surface area (Å²) in [6, 6.07) is 12.4. The van der Waals surface area contributed by atoms with Crippen LogP contribution in [0, 0.1) is 0 Å². The van der Waals surface area contributed by atoms with Crippen LogP contribution in [0.2, 0.25) is 0 Å². The summed E-state index contributed by atoms with van der Waals surface area (Å²) < 4.78 is 16.5. The summed E-state index contributed by atoms with van der Waals surface area (Å²) in [6.07, 6.45) is 4.38. The molecule has 0 bridgehead atoms. The number of hydrogen-bond donors (Lipinski definition) is 2. The van der Waals surface area contributed by atoms with Gasteiger partial charge < -0.3 is 24.8 Å². The first-order chi connectivity index (χ1) is 16.9. The van der Waals surface area contributed by atoms with Crippen molar-refractivity contribution in [1.29, 1.82) is 0 Å². The van der Waals surface area contributed by atoms with Gasteiger partial charge in [0.1, 0.15) is 24.1 Å². The van der Waals surface area contributed by atoms with Gasteiger partial charge in [0.05, 0.1) is 24.8 Å². The third-order valence-corrected chi connectivity index (χ3v) is 5.53. The zero-order chi connectivity index (χ0) is 24.7. The molecule has 1 aliphatic carbocycles. The van der Waals surface area contributed by atoms with Crippen molar-refractivity contribution in [2.75, 3.05) is 31.7 Å². The molecule has 2 N–H and O–H groups in total. The van der Waals surface area contributed by atoms with Crippen molar-refractivity contribution >= 4 is 22.9 Å². The first-order valence-corrected chi connectivity index (χ1v) is 12.0. The van der Waals surface area contributed by atoms with E-state index in [1.807, 2.05) is 26.8 Å². The Bertz CT molecular complexity index is 1150. The molecule has 1 atom stereocenters. The number of hydrogen-bond acceptors (Lipinski definition) is 8. The highest BCUT2D eigenvalue weighted by molar-refractivity contribution is 5.85. The van der Waals surface area contributed by atoms with E-state index in [1.54, 1.807) is 12.4 Å². The molecule has 9 nitrogen and oxygen atoms in total. The lowest BCUT2D eigenvalue weighted by atomic mass is 9.88. The third-order valence-electron chi connectivity index (χ3n) is 5.53. The second kappa shape index (κ2) is 11.3. The Morgan fingerprint density at radius 2 is 1.94 bits per heavy atom. The molecule has 35 heavy (non-hydrogen) atoms. The fourth-order valence-corrected chi connectivity index (χ4v) is 4.02. The lowest BCUT2D eigenvalue weighted by molar-refractivity contribution is 0.0488. The van der Waals surface area contributed by atoms with Crippen molar-refractivity contribution in [2.24, 2.45) is 0 Å². The number of fused-ring (bicyclic) bond motifs is 2. The summed E-state index contributed by atoms with van der Waals surface area (Å²) >= 11 is 0. The molecule has 0 saturated heterocycles. The van der Waals surface area contributed by atoms with E-state index in [9.17, 15) is 4.79 Å². The number of aromatic nitrogens is 3. The van der Waals surface area contributed by atoms with Crippen LogP contribution in [0.3, 0.4) is 0 Å². The number of nitrogens with zero attached hydrogens (tertiary/aromatic N) is 3. The molecule has 2 heterocycles. The van der Waals surface area contributed by atoms with Crippen LogP contribution in [-0.2, 0) is 15.9 Å². The number of alkyl carbamates (subject to hydrolysis) is 1. The van der Waals surface area contributed by atoms with Crippen LogP contribution in [0.1, 0.15) is 50.8 Å². The van der Waals surface area contributed by atoms with E-state index in [4.69, 9.17) is 14.2 Å². The van der Waals surface area contributed by atoms with Crippen molar-refractivity contribution in [3.8, 4) is 5.88 Å². The third kappa shape index (κ3) is 7.02. The number of carbonyl (C=O) groups excluding carboxylic acids is 1. The highest BCUT2D eigenvalue weighted by Gasteiger charge is 2.21. The van der Waals surface area contributed by atoms with Crippen LogP contribution in [0.5, 0.6) is 5.88 Å². The normalized spacial score (nSPS) is 15.3. The van der Waals surface area contributed by atoms with Gasteiger partial charge in [0, 0.05) is 12.6 Å². The van der Waals surface area contributed by atoms with Gasteiger partial charge >= 0.3 is 6.09 Å². The van der Waals surface area contributed by atoms with Crippen LogP contribution in [0.4, 0.5) is 10.6 Å². The summed E-state index contributed by atoms with van der Waals surface area (Å²) in [7, 11) is 0. The van der Waals surface area contributed by atoms with E-state index in [2.05, 4.69) is 49.9 Å². The summed E-state index contributed by atoms with van der Waals surface area (Å²) in [5.74, 6) is 1.18. The molecule has 0 saturated carbocycles. The minimum absolute atomic E-state index is 0.187. The molecule has 2 aromatic heterocycles. The summed E-state index contributed by atoms with van der Waals surface area (Å²) in [5.41, 5.74) is 3.61. The number of anilines is 1.